The lowest BCUT2D eigenvalue weighted by atomic mass is 10.0. The first-order valence-corrected chi connectivity index (χ1v) is 7.61. The lowest BCUT2D eigenvalue weighted by molar-refractivity contribution is 0.102. The minimum absolute atomic E-state index is 0.0514. The summed E-state index contributed by atoms with van der Waals surface area (Å²) < 4.78 is 0.975. The second kappa shape index (κ2) is 5.95. The van der Waals surface area contributed by atoms with E-state index in [1.54, 1.807) is 0 Å². The molecule has 0 bridgehead atoms. The van der Waals surface area contributed by atoms with Gasteiger partial charge < -0.3 is 5.32 Å². The van der Waals surface area contributed by atoms with Crippen molar-refractivity contribution in [3.05, 3.63) is 61.7 Å². The average Bonchev–Trinajstić information content (AvgIpc) is 2.33. The maximum absolute atomic E-state index is 12.4. The van der Waals surface area contributed by atoms with Crippen LogP contribution in [0.2, 0.25) is 0 Å². The third-order valence-corrected chi connectivity index (χ3v) is 4.18. The second-order valence-corrected chi connectivity index (χ2v) is 6.37. The Bertz CT molecular complexity index is 654. The second-order valence-electron chi connectivity index (χ2n) is 5.21. The van der Waals surface area contributed by atoms with Crippen LogP contribution in [0.25, 0.3) is 0 Å². The van der Waals surface area contributed by atoms with Crippen molar-refractivity contribution < 1.29 is 4.79 Å². The van der Waals surface area contributed by atoms with E-state index in [2.05, 4.69) is 47.0 Å². The van der Waals surface area contributed by atoms with Crippen LogP contribution in [0, 0.1) is 31.3 Å². The monoisotopic (exact) mass is 379 g/mol. The predicted octanol–water partition coefficient (Wildman–Crippen LogP) is 4.78. The first-order valence-electron chi connectivity index (χ1n) is 6.54. The van der Waals surface area contributed by atoms with Crippen LogP contribution in [0.4, 0.5) is 5.69 Å². The zero-order valence-electron chi connectivity index (χ0n) is 12.2. The van der Waals surface area contributed by atoms with Gasteiger partial charge in [-0.15, -0.1) is 0 Å². The average molecular weight is 379 g/mol. The van der Waals surface area contributed by atoms with Crippen molar-refractivity contribution in [1.29, 1.82) is 0 Å². The molecule has 0 aliphatic carbocycles. The quantitative estimate of drug-likeness (QED) is 0.748. The van der Waals surface area contributed by atoms with Gasteiger partial charge in [-0.25, -0.2) is 0 Å². The first-order chi connectivity index (χ1) is 9.38. The van der Waals surface area contributed by atoms with Crippen molar-refractivity contribution in [2.24, 2.45) is 0 Å². The molecule has 0 saturated heterocycles. The molecule has 0 fully saturated rings. The molecule has 104 valence electrons. The Kier molecular flexibility index (Phi) is 4.48. The number of hydrogen-bond donors (Lipinski definition) is 1. The molecular weight excluding hydrogens is 361 g/mol. The van der Waals surface area contributed by atoms with Gasteiger partial charge in [-0.1, -0.05) is 29.3 Å². The maximum Gasteiger partial charge on any atom is 0.256 e. The fraction of sp³-hybridized carbons (Fsp3) is 0.235. The van der Waals surface area contributed by atoms with Gasteiger partial charge in [0.1, 0.15) is 0 Å². The van der Waals surface area contributed by atoms with E-state index in [4.69, 9.17) is 0 Å². The highest BCUT2D eigenvalue weighted by atomic mass is 127. The number of nitrogens with one attached hydrogen (secondary N) is 1. The molecule has 0 unspecified atom stereocenters. The van der Waals surface area contributed by atoms with Crippen LogP contribution in [-0.4, -0.2) is 5.91 Å². The Labute approximate surface area is 133 Å². The van der Waals surface area contributed by atoms with Crippen LogP contribution < -0.4 is 5.32 Å². The Balaban J connectivity index is 2.33. The predicted molar refractivity (Wildman–Crippen MR) is 92.5 cm³/mol. The Morgan fingerprint density at radius 2 is 1.55 bits per heavy atom. The molecule has 20 heavy (non-hydrogen) atoms. The normalized spacial score (nSPS) is 10.4. The van der Waals surface area contributed by atoms with Crippen molar-refractivity contribution in [1.82, 2.24) is 0 Å². The van der Waals surface area contributed by atoms with Gasteiger partial charge in [0.05, 0.1) is 5.56 Å². The maximum atomic E-state index is 12.4. The highest BCUT2D eigenvalue weighted by molar-refractivity contribution is 14.1. The topological polar surface area (TPSA) is 29.1 Å². The molecule has 0 aliphatic heterocycles. The molecule has 2 nitrogen and oxygen atoms in total. The summed E-state index contributed by atoms with van der Waals surface area (Å²) in [7, 11) is 0. The van der Waals surface area contributed by atoms with Crippen LogP contribution >= 0.6 is 22.6 Å². The van der Waals surface area contributed by atoms with Crippen molar-refractivity contribution in [3.8, 4) is 0 Å². The molecule has 0 saturated carbocycles. The van der Waals surface area contributed by atoms with Crippen LogP contribution in [0.3, 0.4) is 0 Å². The number of rotatable bonds is 2. The number of halogens is 1. The van der Waals surface area contributed by atoms with E-state index < -0.39 is 0 Å². The third kappa shape index (κ3) is 3.20. The Hall–Kier alpha value is -1.36. The summed E-state index contributed by atoms with van der Waals surface area (Å²) in [6.45, 7) is 8.14. The van der Waals surface area contributed by atoms with Gasteiger partial charge in [0, 0.05) is 9.26 Å². The molecule has 0 spiro atoms. The van der Waals surface area contributed by atoms with Gasteiger partial charge >= 0.3 is 0 Å². The molecule has 3 heteroatoms. The highest BCUT2D eigenvalue weighted by Crippen LogP contribution is 2.23. The van der Waals surface area contributed by atoms with Crippen molar-refractivity contribution in [2.75, 3.05) is 5.32 Å². The highest BCUT2D eigenvalue weighted by Gasteiger charge is 2.13. The van der Waals surface area contributed by atoms with Gasteiger partial charge in [0.25, 0.3) is 5.91 Å². The van der Waals surface area contributed by atoms with Gasteiger partial charge in [0.15, 0.2) is 0 Å². The van der Waals surface area contributed by atoms with E-state index in [0.717, 1.165) is 31.5 Å². The van der Waals surface area contributed by atoms with E-state index in [9.17, 15) is 4.79 Å². The van der Waals surface area contributed by atoms with Gasteiger partial charge in [-0.2, -0.15) is 0 Å². The summed E-state index contributed by atoms with van der Waals surface area (Å²) in [5.41, 5.74) is 6.19. The first kappa shape index (κ1) is 15.0. The van der Waals surface area contributed by atoms with E-state index >= 15 is 0 Å². The lowest BCUT2D eigenvalue weighted by Gasteiger charge is -2.13. The van der Waals surface area contributed by atoms with Gasteiger partial charge in [-0.3, -0.25) is 4.79 Å². The molecule has 0 heterocycles. The van der Waals surface area contributed by atoms with Crippen LogP contribution in [-0.2, 0) is 0 Å². The minimum Gasteiger partial charge on any atom is -0.321 e. The number of benzene rings is 2. The molecule has 0 atom stereocenters. The summed E-state index contributed by atoms with van der Waals surface area (Å²) in [4.78, 5) is 12.4. The number of carbonyl (C=O) groups excluding carboxylic acids is 1. The number of hydrogen-bond acceptors (Lipinski definition) is 1. The molecule has 0 aliphatic rings. The summed E-state index contributed by atoms with van der Waals surface area (Å²) in [5.74, 6) is -0.0514. The molecular formula is C17H18INO. The van der Waals surface area contributed by atoms with Crippen molar-refractivity contribution in [2.45, 2.75) is 27.7 Å². The van der Waals surface area contributed by atoms with Gasteiger partial charge in [0.2, 0.25) is 0 Å². The standard InChI is InChI=1S/C17H18INO/c1-10-5-6-14(15(18)9-10)17(20)19-16-12(3)7-11(2)8-13(16)4/h5-9H,1-4H3,(H,19,20). The summed E-state index contributed by atoms with van der Waals surface area (Å²) in [6, 6.07) is 10.0. The van der Waals surface area contributed by atoms with Crippen molar-refractivity contribution >= 4 is 34.2 Å². The number of amides is 1. The molecule has 0 radical (unpaired) electrons. The SMILES string of the molecule is Cc1cc(C)c(NC(=O)c2ccc(C)cc2I)c(C)c1. The minimum atomic E-state index is -0.0514. The van der Waals surface area contributed by atoms with E-state index in [1.807, 2.05) is 39.0 Å². The zero-order chi connectivity index (χ0) is 14.9. The van der Waals surface area contributed by atoms with Crippen LogP contribution in [0.5, 0.6) is 0 Å². The third-order valence-electron chi connectivity index (χ3n) is 3.28. The fourth-order valence-electron chi connectivity index (χ4n) is 2.36. The molecule has 0 aromatic heterocycles. The Morgan fingerprint density at radius 3 is 2.10 bits per heavy atom. The lowest BCUT2D eigenvalue weighted by Crippen LogP contribution is -2.15. The van der Waals surface area contributed by atoms with Gasteiger partial charge in [-0.05, 0) is 73.5 Å². The van der Waals surface area contributed by atoms with Crippen LogP contribution in [0.1, 0.15) is 32.6 Å². The number of anilines is 1. The molecule has 2 rings (SSSR count). The summed E-state index contributed by atoms with van der Waals surface area (Å²) >= 11 is 2.21. The van der Waals surface area contributed by atoms with Crippen LogP contribution in [0.15, 0.2) is 30.3 Å². The fourth-order valence-corrected chi connectivity index (χ4v) is 3.28. The smallest absolute Gasteiger partial charge is 0.256 e. The van der Waals surface area contributed by atoms with Crippen molar-refractivity contribution in [3.63, 3.8) is 0 Å². The Morgan fingerprint density at radius 1 is 0.950 bits per heavy atom. The molecule has 2 aromatic rings. The van der Waals surface area contributed by atoms with E-state index in [-0.39, 0.29) is 5.91 Å². The van der Waals surface area contributed by atoms with E-state index in [1.165, 1.54) is 5.56 Å². The summed E-state index contributed by atoms with van der Waals surface area (Å²) in [5, 5.41) is 3.04. The largest absolute Gasteiger partial charge is 0.321 e. The molecule has 1 amide bonds. The van der Waals surface area contributed by atoms with E-state index in [0.29, 0.717) is 0 Å². The molecule has 1 N–H and O–H groups in total. The summed E-state index contributed by atoms with van der Waals surface area (Å²) in [6.07, 6.45) is 0. The molecule has 2 aromatic carbocycles. The number of aryl methyl sites for hydroxylation is 4. The number of carbonyl (C=O) groups is 1. The zero-order valence-corrected chi connectivity index (χ0v) is 14.3.